The lowest BCUT2D eigenvalue weighted by Gasteiger charge is -2.22. The quantitative estimate of drug-likeness (QED) is 0.662. The summed E-state index contributed by atoms with van der Waals surface area (Å²) in [6.07, 6.45) is 1.73. The van der Waals surface area contributed by atoms with Crippen LogP contribution in [0, 0.1) is 5.92 Å². The first-order valence-electron chi connectivity index (χ1n) is 4.82. The van der Waals surface area contributed by atoms with Crippen molar-refractivity contribution in [2.45, 2.75) is 51.7 Å². The van der Waals surface area contributed by atoms with E-state index in [1.54, 1.807) is 0 Å². The standard InChI is InChI=1S/C10H19NO2/c1-5-7-6-10(7,11)8(12)13-9(2,3)4/h7H,5-6,11H2,1-4H3/t7-,10+/m0/s1. The van der Waals surface area contributed by atoms with E-state index in [1.165, 1.54) is 0 Å². The number of carbonyl (C=O) groups excluding carboxylic acids is 1. The monoisotopic (exact) mass is 185 g/mol. The molecular formula is C10H19NO2. The van der Waals surface area contributed by atoms with Gasteiger partial charge in [0.05, 0.1) is 0 Å². The second-order valence-electron chi connectivity index (χ2n) is 4.85. The van der Waals surface area contributed by atoms with Gasteiger partial charge in [-0.25, -0.2) is 0 Å². The highest BCUT2D eigenvalue weighted by Crippen LogP contribution is 2.44. The zero-order chi connectivity index (χ0) is 10.3. The molecule has 0 aromatic heterocycles. The summed E-state index contributed by atoms with van der Waals surface area (Å²) in [5, 5.41) is 0. The van der Waals surface area contributed by atoms with Crippen LogP contribution in [-0.2, 0) is 9.53 Å². The van der Waals surface area contributed by atoms with E-state index in [9.17, 15) is 4.79 Å². The van der Waals surface area contributed by atoms with Crippen molar-refractivity contribution < 1.29 is 9.53 Å². The molecule has 3 heteroatoms. The molecule has 1 saturated carbocycles. The van der Waals surface area contributed by atoms with Gasteiger partial charge in [0, 0.05) is 0 Å². The summed E-state index contributed by atoms with van der Waals surface area (Å²) in [4.78, 5) is 11.6. The molecule has 13 heavy (non-hydrogen) atoms. The van der Waals surface area contributed by atoms with Crippen molar-refractivity contribution in [3.05, 3.63) is 0 Å². The lowest BCUT2D eigenvalue weighted by molar-refractivity contribution is -0.158. The van der Waals surface area contributed by atoms with E-state index in [2.05, 4.69) is 0 Å². The van der Waals surface area contributed by atoms with Crippen LogP contribution in [-0.4, -0.2) is 17.1 Å². The van der Waals surface area contributed by atoms with Gasteiger partial charge in [-0.3, -0.25) is 4.79 Å². The Kier molecular flexibility index (Phi) is 2.41. The predicted octanol–water partition coefficient (Wildman–Crippen LogP) is 1.46. The molecule has 0 heterocycles. The molecule has 0 aromatic carbocycles. The molecule has 0 spiro atoms. The van der Waals surface area contributed by atoms with Crippen LogP contribution in [0.2, 0.25) is 0 Å². The van der Waals surface area contributed by atoms with Crippen LogP contribution >= 0.6 is 0 Å². The second kappa shape index (κ2) is 2.98. The molecule has 0 unspecified atom stereocenters. The largest absolute Gasteiger partial charge is 0.459 e. The lowest BCUT2D eigenvalue weighted by atomic mass is 10.1. The van der Waals surface area contributed by atoms with Crippen LogP contribution in [0.3, 0.4) is 0 Å². The first-order valence-corrected chi connectivity index (χ1v) is 4.82. The number of ether oxygens (including phenoxy) is 1. The van der Waals surface area contributed by atoms with Crippen molar-refractivity contribution >= 4 is 5.97 Å². The maximum Gasteiger partial charge on any atom is 0.326 e. The van der Waals surface area contributed by atoms with Crippen LogP contribution < -0.4 is 5.73 Å². The molecule has 2 atom stereocenters. The van der Waals surface area contributed by atoms with Crippen LogP contribution in [0.1, 0.15) is 40.5 Å². The molecule has 0 saturated heterocycles. The molecule has 0 bridgehead atoms. The van der Waals surface area contributed by atoms with Crippen molar-refractivity contribution in [2.75, 3.05) is 0 Å². The highest BCUT2D eigenvalue weighted by molar-refractivity contribution is 5.85. The van der Waals surface area contributed by atoms with Crippen molar-refractivity contribution in [3.63, 3.8) is 0 Å². The molecule has 1 rings (SSSR count). The third-order valence-corrected chi connectivity index (χ3v) is 2.42. The van der Waals surface area contributed by atoms with Crippen molar-refractivity contribution in [1.82, 2.24) is 0 Å². The highest BCUT2D eigenvalue weighted by Gasteiger charge is 2.57. The van der Waals surface area contributed by atoms with Gasteiger partial charge >= 0.3 is 5.97 Å². The normalized spacial score (nSPS) is 32.8. The fourth-order valence-electron chi connectivity index (χ4n) is 1.48. The van der Waals surface area contributed by atoms with Crippen molar-refractivity contribution in [1.29, 1.82) is 0 Å². The Bertz CT molecular complexity index is 219. The molecule has 0 radical (unpaired) electrons. The zero-order valence-electron chi connectivity index (χ0n) is 8.89. The Hall–Kier alpha value is -0.570. The van der Waals surface area contributed by atoms with Crippen LogP contribution in [0.4, 0.5) is 0 Å². The molecule has 0 amide bonds. The summed E-state index contributed by atoms with van der Waals surface area (Å²) in [6, 6.07) is 0. The van der Waals surface area contributed by atoms with E-state index < -0.39 is 11.1 Å². The summed E-state index contributed by atoms with van der Waals surface area (Å²) >= 11 is 0. The summed E-state index contributed by atoms with van der Waals surface area (Å²) in [5.74, 6) is 0.0780. The Labute approximate surface area is 79.6 Å². The minimum absolute atomic E-state index is 0.244. The average Bonchev–Trinajstić information content (AvgIpc) is 2.60. The highest BCUT2D eigenvalue weighted by atomic mass is 16.6. The number of carbonyl (C=O) groups is 1. The smallest absolute Gasteiger partial charge is 0.326 e. The van der Waals surface area contributed by atoms with E-state index in [0.29, 0.717) is 5.92 Å². The summed E-state index contributed by atoms with van der Waals surface area (Å²) in [7, 11) is 0. The van der Waals surface area contributed by atoms with E-state index in [4.69, 9.17) is 10.5 Å². The molecule has 2 N–H and O–H groups in total. The number of hydrogen-bond donors (Lipinski definition) is 1. The van der Waals surface area contributed by atoms with Gasteiger partial charge in [-0.05, 0) is 33.1 Å². The van der Waals surface area contributed by atoms with Gasteiger partial charge in [-0.2, -0.15) is 0 Å². The first-order chi connectivity index (χ1) is 5.79. The van der Waals surface area contributed by atoms with Crippen molar-refractivity contribution in [2.24, 2.45) is 11.7 Å². The molecule has 0 aliphatic heterocycles. The van der Waals surface area contributed by atoms with E-state index in [0.717, 1.165) is 12.8 Å². The topological polar surface area (TPSA) is 52.3 Å². The molecular weight excluding hydrogens is 166 g/mol. The Morgan fingerprint density at radius 1 is 1.62 bits per heavy atom. The van der Waals surface area contributed by atoms with Gasteiger partial charge in [-0.1, -0.05) is 13.3 Å². The number of rotatable bonds is 2. The summed E-state index contributed by atoms with van der Waals surface area (Å²) in [5.41, 5.74) is 4.77. The Balaban J connectivity index is 2.51. The summed E-state index contributed by atoms with van der Waals surface area (Å²) in [6.45, 7) is 7.62. The van der Waals surface area contributed by atoms with Crippen LogP contribution in [0.15, 0.2) is 0 Å². The van der Waals surface area contributed by atoms with Gasteiger partial charge in [0.15, 0.2) is 0 Å². The predicted molar refractivity (Wildman–Crippen MR) is 51.2 cm³/mol. The molecule has 1 aliphatic rings. The van der Waals surface area contributed by atoms with E-state index in [1.807, 2.05) is 27.7 Å². The molecule has 1 aliphatic carbocycles. The Morgan fingerprint density at radius 2 is 2.15 bits per heavy atom. The third-order valence-electron chi connectivity index (χ3n) is 2.42. The Morgan fingerprint density at radius 3 is 2.46 bits per heavy atom. The van der Waals surface area contributed by atoms with Crippen LogP contribution in [0.25, 0.3) is 0 Å². The average molecular weight is 185 g/mol. The molecule has 0 aromatic rings. The summed E-state index contributed by atoms with van der Waals surface area (Å²) < 4.78 is 5.23. The zero-order valence-corrected chi connectivity index (χ0v) is 8.89. The maximum atomic E-state index is 11.6. The van der Waals surface area contributed by atoms with Crippen LogP contribution in [0.5, 0.6) is 0 Å². The SMILES string of the molecule is CC[C@H]1C[C@]1(N)C(=O)OC(C)(C)C. The minimum atomic E-state index is -0.679. The van der Waals surface area contributed by atoms with E-state index in [-0.39, 0.29) is 5.97 Å². The number of hydrogen-bond acceptors (Lipinski definition) is 3. The number of nitrogens with two attached hydrogens (primary N) is 1. The third kappa shape index (κ3) is 2.21. The number of esters is 1. The van der Waals surface area contributed by atoms with Gasteiger partial charge in [0.1, 0.15) is 11.1 Å². The fraction of sp³-hybridized carbons (Fsp3) is 0.900. The minimum Gasteiger partial charge on any atom is -0.459 e. The van der Waals surface area contributed by atoms with Gasteiger partial charge in [0.25, 0.3) is 0 Å². The van der Waals surface area contributed by atoms with Gasteiger partial charge in [0.2, 0.25) is 0 Å². The lowest BCUT2D eigenvalue weighted by Crippen LogP contribution is -2.41. The molecule has 3 nitrogen and oxygen atoms in total. The fourth-order valence-corrected chi connectivity index (χ4v) is 1.48. The second-order valence-corrected chi connectivity index (χ2v) is 4.85. The van der Waals surface area contributed by atoms with Crippen molar-refractivity contribution in [3.8, 4) is 0 Å². The molecule has 76 valence electrons. The van der Waals surface area contributed by atoms with E-state index >= 15 is 0 Å². The maximum absolute atomic E-state index is 11.6. The van der Waals surface area contributed by atoms with Gasteiger partial charge in [-0.15, -0.1) is 0 Å². The first kappa shape index (κ1) is 10.5. The van der Waals surface area contributed by atoms with Gasteiger partial charge < -0.3 is 10.5 Å². The molecule has 1 fully saturated rings.